The van der Waals surface area contributed by atoms with Gasteiger partial charge in [-0.2, -0.15) is 0 Å². The Balaban J connectivity index is 1.34. The molecule has 0 fully saturated rings. The number of carbonyl (C=O) groups excluding carboxylic acids is 3. The lowest BCUT2D eigenvalue weighted by molar-refractivity contribution is -0.116. The first-order chi connectivity index (χ1) is 14.9. The van der Waals surface area contributed by atoms with Crippen LogP contribution in [0.3, 0.4) is 0 Å². The summed E-state index contributed by atoms with van der Waals surface area (Å²) < 4.78 is 0. The van der Waals surface area contributed by atoms with Crippen molar-refractivity contribution in [1.82, 2.24) is 9.88 Å². The summed E-state index contributed by atoms with van der Waals surface area (Å²) in [6.07, 6.45) is 0.138. The highest BCUT2D eigenvalue weighted by molar-refractivity contribution is 7.14. The van der Waals surface area contributed by atoms with Crippen LogP contribution >= 0.6 is 11.3 Å². The molecular formula is C23H20N4O3S. The van der Waals surface area contributed by atoms with Crippen LogP contribution in [0.4, 0.5) is 10.8 Å². The third-order valence-electron chi connectivity index (χ3n) is 4.85. The lowest BCUT2D eigenvalue weighted by Crippen LogP contribution is -2.27. The molecule has 3 amide bonds. The van der Waals surface area contributed by atoms with Gasteiger partial charge in [0.1, 0.15) is 0 Å². The number of carbonyl (C=O) groups is 3. The van der Waals surface area contributed by atoms with Crippen LogP contribution in [0.1, 0.15) is 29.3 Å². The van der Waals surface area contributed by atoms with Crippen LogP contribution in [-0.2, 0) is 9.59 Å². The van der Waals surface area contributed by atoms with E-state index in [9.17, 15) is 14.4 Å². The molecule has 0 saturated heterocycles. The normalized spacial score (nSPS) is 12.6. The van der Waals surface area contributed by atoms with E-state index in [0.29, 0.717) is 22.1 Å². The Kier molecular flexibility index (Phi) is 5.64. The zero-order valence-corrected chi connectivity index (χ0v) is 17.7. The van der Waals surface area contributed by atoms with Gasteiger partial charge in [-0.25, -0.2) is 4.98 Å². The Labute approximate surface area is 183 Å². The summed E-state index contributed by atoms with van der Waals surface area (Å²) in [4.78, 5) is 42.0. The van der Waals surface area contributed by atoms with Crippen molar-refractivity contribution in [3.05, 3.63) is 71.6 Å². The molecule has 0 bridgehead atoms. The highest BCUT2D eigenvalue weighted by atomic mass is 32.1. The standard InChI is InChI=1S/C23H20N4O3S/c1-14-18-5-3-4-6-19(18)22(30)27(14)12-11-21(29)26-23-25-20(13-31-23)16-7-9-17(10-8-16)24-15(2)28/h3-10,13H,1,11-12H2,2H3,(H,24,28)(H,25,26,29). The summed E-state index contributed by atoms with van der Waals surface area (Å²) in [5, 5.41) is 7.84. The van der Waals surface area contributed by atoms with Gasteiger partial charge >= 0.3 is 0 Å². The number of fused-ring (bicyclic) bond motifs is 1. The summed E-state index contributed by atoms with van der Waals surface area (Å²) >= 11 is 1.33. The van der Waals surface area contributed by atoms with Crippen LogP contribution < -0.4 is 10.6 Å². The van der Waals surface area contributed by atoms with Crippen molar-refractivity contribution in [3.63, 3.8) is 0 Å². The molecule has 0 radical (unpaired) electrons. The maximum Gasteiger partial charge on any atom is 0.258 e. The summed E-state index contributed by atoms with van der Waals surface area (Å²) in [6.45, 7) is 5.70. The SMILES string of the molecule is C=C1c2ccccc2C(=O)N1CCC(=O)Nc1nc(-c2ccc(NC(C)=O)cc2)cs1. The van der Waals surface area contributed by atoms with Crippen molar-refractivity contribution in [2.45, 2.75) is 13.3 Å². The van der Waals surface area contributed by atoms with Crippen molar-refractivity contribution < 1.29 is 14.4 Å². The maximum absolute atomic E-state index is 12.5. The van der Waals surface area contributed by atoms with Crippen LogP contribution in [0.25, 0.3) is 17.0 Å². The fraction of sp³-hybridized carbons (Fsp3) is 0.130. The summed E-state index contributed by atoms with van der Waals surface area (Å²) in [5.41, 5.74) is 4.35. The van der Waals surface area contributed by atoms with E-state index in [1.807, 2.05) is 35.7 Å². The highest BCUT2D eigenvalue weighted by Gasteiger charge is 2.30. The van der Waals surface area contributed by atoms with E-state index in [1.54, 1.807) is 18.2 Å². The van der Waals surface area contributed by atoms with E-state index in [4.69, 9.17) is 0 Å². The van der Waals surface area contributed by atoms with Crippen molar-refractivity contribution in [3.8, 4) is 11.3 Å². The third kappa shape index (κ3) is 4.39. The van der Waals surface area contributed by atoms with Crippen LogP contribution in [0.15, 0.2) is 60.5 Å². The second-order valence-electron chi connectivity index (χ2n) is 7.04. The monoisotopic (exact) mass is 432 g/mol. The van der Waals surface area contributed by atoms with Gasteiger partial charge in [-0.3, -0.25) is 14.4 Å². The Morgan fingerprint density at radius 1 is 1.06 bits per heavy atom. The van der Waals surface area contributed by atoms with E-state index in [0.717, 1.165) is 16.8 Å². The predicted molar refractivity (Wildman–Crippen MR) is 122 cm³/mol. The van der Waals surface area contributed by atoms with Gasteiger partial charge in [0.05, 0.1) is 5.69 Å². The molecule has 1 aromatic heterocycles. The van der Waals surface area contributed by atoms with Gasteiger partial charge in [0, 0.05) is 53.3 Å². The molecule has 4 rings (SSSR count). The summed E-state index contributed by atoms with van der Waals surface area (Å²) in [6, 6.07) is 14.6. The Morgan fingerprint density at radius 3 is 2.45 bits per heavy atom. The first-order valence-electron chi connectivity index (χ1n) is 9.66. The van der Waals surface area contributed by atoms with Gasteiger partial charge in [0.15, 0.2) is 5.13 Å². The van der Waals surface area contributed by atoms with Crippen molar-refractivity contribution >= 4 is 45.6 Å². The molecule has 0 atom stereocenters. The Morgan fingerprint density at radius 2 is 1.77 bits per heavy atom. The molecule has 0 unspecified atom stereocenters. The van der Waals surface area contributed by atoms with Gasteiger partial charge in [-0.05, 0) is 18.2 Å². The molecule has 156 valence electrons. The Hall–Kier alpha value is -3.78. The lowest BCUT2D eigenvalue weighted by atomic mass is 10.1. The molecule has 1 aliphatic heterocycles. The molecule has 0 aliphatic carbocycles. The molecule has 7 nitrogen and oxygen atoms in total. The van der Waals surface area contributed by atoms with Crippen molar-refractivity contribution in [2.75, 3.05) is 17.2 Å². The molecule has 1 aliphatic rings. The van der Waals surface area contributed by atoms with E-state index in [-0.39, 0.29) is 30.7 Å². The molecule has 0 spiro atoms. The molecular weight excluding hydrogens is 412 g/mol. The summed E-state index contributed by atoms with van der Waals surface area (Å²) in [5.74, 6) is -0.486. The largest absolute Gasteiger partial charge is 0.326 e. The van der Waals surface area contributed by atoms with Crippen LogP contribution in [0.5, 0.6) is 0 Å². The summed E-state index contributed by atoms with van der Waals surface area (Å²) in [7, 11) is 0. The quantitative estimate of drug-likeness (QED) is 0.610. The zero-order chi connectivity index (χ0) is 22.0. The van der Waals surface area contributed by atoms with E-state index < -0.39 is 0 Å². The number of thiazole rings is 1. The third-order valence-corrected chi connectivity index (χ3v) is 5.61. The van der Waals surface area contributed by atoms with Gasteiger partial charge in [-0.15, -0.1) is 11.3 Å². The second kappa shape index (κ2) is 8.53. The number of aromatic nitrogens is 1. The average molecular weight is 433 g/mol. The molecule has 0 saturated carbocycles. The number of benzene rings is 2. The van der Waals surface area contributed by atoms with Gasteiger partial charge in [0.2, 0.25) is 11.8 Å². The molecule has 8 heteroatoms. The minimum absolute atomic E-state index is 0.130. The second-order valence-corrected chi connectivity index (χ2v) is 7.90. The first-order valence-corrected chi connectivity index (χ1v) is 10.5. The fourth-order valence-electron chi connectivity index (χ4n) is 3.36. The lowest BCUT2D eigenvalue weighted by Gasteiger charge is -2.16. The minimum atomic E-state index is -0.224. The van der Waals surface area contributed by atoms with Gasteiger partial charge < -0.3 is 15.5 Å². The van der Waals surface area contributed by atoms with E-state index >= 15 is 0 Å². The van der Waals surface area contributed by atoms with Crippen molar-refractivity contribution in [2.24, 2.45) is 0 Å². The number of amides is 3. The smallest absolute Gasteiger partial charge is 0.258 e. The van der Waals surface area contributed by atoms with Crippen LogP contribution in [0.2, 0.25) is 0 Å². The molecule has 3 aromatic rings. The number of anilines is 2. The molecule has 2 aromatic carbocycles. The minimum Gasteiger partial charge on any atom is -0.326 e. The first kappa shape index (κ1) is 20.5. The number of nitrogens with zero attached hydrogens (tertiary/aromatic N) is 2. The van der Waals surface area contributed by atoms with Crippen LogP contribution in [-0.4, -0.2) is 34.2 Å². The van der Waals surface area contributed by atoms with Gasteiger partial charge in [-0.1, -0.05) is 36.9 Å². The van der Waals surface area contributed by atoms with Gasteiger partial charge in [0.25, 0.3) is 5.91 Å². The molecule has 2 heterocycles. The zero-order valence-electron chi connectivity index (χ0n) is 16.8. The highest BCUT2D eigenvalue weighted by Crippen LogP contribution is 2.31. The van der Waals surface area contributed by atoms with E-state index in [1.165, 1.54) is 23.2 Å². The number of hydrogen-bond donors (Lipinski definition) is 2. The topological polar surface area (TPSA) is 91.4 Å². The number of hydrogen-bond acceptors (Lipinski definition) is 5. The Bertz CT molecular complexity index is 1150. The number of nitrogens with one attached hydrogen (secondary N) is 2. The predicted octanol–water partition coefficient (Wildman–Crippen LogP) is 4.22. The number of rotatable bonds is 6. The van der Waals surface area contributed by atoms with Crippen LogP contribution in [0, 0.1) is 0 Å². The molecule has 31 heavy (non-hydrogen) atoms. The molecule has 2 N–H and O–H groups in total. The van der Waals surface area contributed by atoms with Crippen molar-refractivity contribution in [1.29, 1.82) is 0 Å². The maximum atomic E-state index is 12.5. The van der Waals surface area contributed by atoms with E-state index in [2.05, 4.69) is 22.2 Å². The average Bonchev–Trinajstić information content (AvgIpc) is 3.30. The fourth-order valence-corrected chi connectivity index (χ4v) is 4.09.